The van der Waals surface area contributed by atoms with Gasteiger partial charge in [-0.25, -0.2) is 0 Å². The average Bonchev–Trinajstić information content (AvgIpc) is 2.29. The highest BCUT2D eigenvalue weighted by Gasteiger charge is 2.06. The van der Waals surface area contributed by atoms with Gasteiger partial charge in [-0.2, -0.15) is 11.8 Å². The van der Waals surface area contributed by atoms with Crippen molar-refractivity contribution in [1.29, 1.82) is 0 Å². The van der Waals surface area contributed by atoms with Crippen molar-refractivity contribution >= 4 is 17.4 Å². The van der Waals surface area contributed by atoms with Crippen LogP contribution < -0.4 is 0 Å². The lowest BCUT2D eigenvalue weighted by Gasteiger charge is -2.06. The van der Waals surface area contributed by atoms with Crippen LogP contribution in [-0.4, -0.2) is 33.6 Å². The molecule has 0 bridgehead atoms. The third-order valence-electron chi connectivity index (χ3n) is 1.91. The molecule has 88 valence electrons. The predicted molar refractivity (Wildman–Crippen MR) is 62.4 cm³/mol. The molecular weight excluding hydrogens is 230 g/mol. The lowest BCUT2D eigenvalue weighted by molar-refractivity contribution is -0.384. The number of nitrogens with zero attached hydrogens (tertiary/aromatic N) is 1. The van der Waals surface area contributed by atoms with Crippen LogP contribution in [0.2, 0.25) is 0 Å². The number of hydrogen-bond acceptors (Lipinski definition) is 5. The fourth-order valence-electron chi connectivity index (χ4n) is 1.13. The average molecular weight is 243 g/mol. The van der Waals surface area contributed by atoms with Crippen LogP contribution in [0.4, 0.5) is 5.69 Å². The maximum absolute atomic E-state index is 10.5. The second kappa shape index (κ2) is 6.47. The van der Waals surface area contributed by atoms with Gasteiger partial charge >= 0.3 is 0 Å². The predicted octanol–water partition coefficient (Wildman–Crippen LogP) is 1.18. The Balaban J connectivity index is 2.48. The molecule has 1 aromatic carbocycles. The number of hydrogen-bond donors (Lipinski definition) is 2. The Bertz CT molecular complexity index is 358. The van der Waals surface area contributed by atoms with E-state index in [1.165, 1.54) is 23.9 Å². The molecule has 2 N–H and O–H groups in total. The van der Waals surface area contributed by atoms with E-state index in [4.69, 9.17) is 10.2 Å². The van der Waals surface area contributed by atoms with E-state index in [1.54, 1.807) is 12.1 Å². The van der Waals surface area contributed by atoms with E-state index in [0.717, 1.165) is 5.56 Å². The van der Waals surface area contributed by atoms with Crippen molar-refractivity contribution < 1.29 is 15.1 Å². The molecule has 0 aliphatic carbocycles. The summed E-state index contributed by atoms with van der Waals surface area (Å²) in [6, 6.07) is 6.39. The van der Waals surface area contributed by atoms with Crippen molar-refractivity contribution in [3.05, 3.63) is 39.9 Å². The van der Waals surface area contributed by atoms with Crippen LogP contribution in [0.3, 0.4) is 0 Å². The topological polar surface area (TPSA) is 83.6 Å². The summed E-state index contributed by atoms with van der Waals surface area (Å²) in [4.78, 5) is 10.1. The highest BCUT2D eigenvalue weighted by Crippen LogP contribution is 2.18. The highest BCUT2D eigenvalue weighted by molar-refractivity contribution is 7.98. The molecule has 0 aromatic heterocycles. The first-order valence-electron chi connectivity index (χ1n) is 4.73. The zero-order chi connectivity index (χ0) is 12.0. The number of nitro groups is 1. The third kappa shape index (κ3) is 4.18. The van der Waals surface area contributed by atoms with Gasteiger partial charge in [0.25, 0.3) is 5.69 Å². The van der Waals surface area contributed by atoms with Crippen molar-refractivity contribution in [3.63, 3.8) is 0 Å². The Morgan fingerprint density at radius 3 is 2.88 bits per heavy atom. The van der Waals surface area contributed by atoms with Gasteiger partial charge in [0.05, 0.1) is 17.6 Å². The van der Waals surface area contributed by atoms with Gasteiger partial charge < -0.3 is 10.2 Å². The van der Waals surface area contributed by atoms with Crippen LogP contribution in [-0.2, 0) is 5.75 Å². The van der Waals surface area contributed by atoms with E-state index in [9.17, 15) is 10.1 Å². The molecule has 0 aliphatic heterocycles. The van der Waals surface area contributed by atoms with Crippen molar-refractivity contribution in [1.82, 2.24) is 0 Å². The SMILES string of the molecule is O=[N+]([O-])c1cccc(CSCC(O)CO)c1. The Kier molecular flexibility index (Phi) is 5.24. The Labute approximate surface area is 97.3 Å². The van der Waals surface area contributed by atoms with E-state index in [-0.39, 0.29) is 12.3 Å². The van der Waals surface area contributed by atoms with Crippen molar-refractivity contribution in [2.45, 2.75) is 11.9 Å². The Hall–Kier alpha value is -1.11. The summed E-state index contributed by atoms with van der Waals surface area (Å²) in [6.07, 6.45) is -0.733. The maximum atomic E-state index is 10.5. The summed E-state index contributed by atoms with van der Waals surface area (Å²) in [7, 11) is 0. The van der Waals surface area contributed by atoms with Crippen LogP contribution in [0.15, 0.2) is 24.3 Å². The molecule has 0 radical (unpaired) electrons. The summed E-state index contributed by atoms with van der Waals surface area (Å²) in [5.74, 6) is 0.998. The summed E-state index contributed by atoms with van der Waals surface area (Å²) < 4.78 is 0. The number of aliphatic hydroxyl groups is 2. The second-order valence-corrected chi connectivity index (χ2v) is 4.31. The van der Waals surface area contributed by atoms with Gasteiger partial charge in [0.2, 0.25) is 0 Å². The van der Waals surface area contributed by atoms with Crippen LogP contribution in [0, 0.1) is 10.1 Å². The highest BCUT2D eigenvalue weighted by atomic mass is 32.2. The molecule has 0 saturated heterocycles. The van der Waals surface area contributed by atoms with Crippen LogP contribution in [0.25, 0.3) is 0 Å². The minimum atomic E-state index is -0.733. The van der Waals surface area contributed by atoms with E-state index >= 15 is 0 Å². The summed E-state index contributed by atoms with van der Waals surface area (Å²) in [5.41, 5.74) is 0.908. The fourth-order valence-corrected chi connectivity index (χ4v) is 2.04. The number of thioether (sulfide) groups is 1. The second-order valence-electron chi connectivity index (χ2n) is 3.28. The monoisotopic (exact) mass is 243 g/mol. The van der Waals surface area contributed by atoms with Gasteiger partial charge in [-0.1, -0.05) is 12.1 Å². The first-order valence-corrected chi connectivity index (χ1v) is 5.89. The fraction of sp³-hybridized carbons (Fsp3) is 0.400. The zero-order valence-corrected chi connectivity index (χ0v) is 9.39. The largest absolute Gasteiger partial charge is 0.394 e. The normalized spacial score (nSPS) is 12.4. The Morgan fingerprint density at radius 1 is 1.50 bits per heavy atom. The standard InChI is InChI=1S/C10H13NO4S/c12-5-10(13)7-16-6-8-2-1-3-9(4-8)11(14)15/h1-4,10,12-13H,5-7H2. The maximum Gasteiger partial charge on any atom is 0.269 e. The van der Waals surface area contributed by atoms with Gasteiger partial charge in [-0.05, 0) is 5.56 Å². The lowest BCUT2D eigenvalue weighted by atomic mass is 10.2. The smallest absolute Gasteiger partial charge is 0.269 e. The summed E-state index contributed by atoms with van der Waals surface area (Å²) in [5, 5.41) is 28.2. The molecule has 0 heterocycles. The molecule has 1 unspecified atom stereocenters. The lowest BCUT2D eigenvalue weighted by Crippen LogP contribution is -2.14. The molecule has 16 heavy (non-hydrogen) atoms. The number of nitro benzene ring substituents is 1. The molecule has 0 aliphatic rings. The molecule has 1 rings (SSSR count). The van der Waals surface area contributed by atoms with Gasteiger partial charge in [-0.15, -0.1) is 0 Å². The first kappa shape index (κ1) is 13.0. The molecule has 1 atom stereocenters. The number of aliphatic hydroxyl groups excluding tert-OH is 2. The molecule has 0 amide bonds. The van der Waals surface area contributed by atoms with E-state index < -0.39 is 11.0 Å². The van der Waals surface area contributed by atoms with Gasteiger partial charge in [-0.3, -0.25) is 10.1 Å². The van der Waals surface area contributed by atoms with Crippen LogP contribution in [0.1, 0.15) is 5.56 Å². The van der Waals surface area contributed by atoms with Crippen LogP contribution >= 0.6 is 11.8 Å². The molecule has 0 saturated carbocycles. The van der Waals surface area contributed by atoms with Gasteiger partial charge in [0, 0.05) is 23.6 Å². The minimum absolute atomic E-state index is 0.0702. The van der Waals surface area contributed by atoms with E-state index in [2.05, 4.69) is 0 Å². The molecular formula is C10H13NO4S. The number of benzene rings is 1. The van der Waals surface area contributed by atoms with Crippen LogP contribution in [0.5, 0.6) is 0 Å². The zero-order valence-electron chi connectivity index (χ0n) is 8.57. The third-order valence-corrected chi connectivity index (χ3v) is 3.07. The molecule has 1 aromatic rings. The molecule has 0 spiro atoms. The van der Waals surface area contributed by atoms with Gasteiger partial charge in [0.1, 0.15) is 0 Å². The summed E-state index contributed by atoms with van der Waals surface area (Å²) in [6.45, 7) is -0.262. The quantitative estimate of drug-likeness (QED) is 0.579. The number of rotatable bonds is 6. The molecule has 0 fully saturated rings. The van der Waals surface area contributed by atoms with E-state index in [1.807, 2.05) is 0 Å². The summed E-state index contributed by atoms with van der Waals surface area (Å²) >= 11 is 1.43. The van der Waals surface area contributed by atoms with Crippen molar-refractivity contribution in [2.75, 3.05) is 12.4 Å². The molecule has 6 heteroatoms. The minimum Gasteiger partial charge on any atom is -0.394 e. The first-order chi connectivity index (χ1) is 7.63. The van der Waals surface area contributed by atoms with Gasteiger partial charge in [0.15, 0.2) is 0 Å². The number of non-ortho nitro benzene ring substituents is 1. The molecule has 5 nitrogen and oxygen atoms in total. The van der Waals surface area contributed by atoms with Crippen molar-refractivity contribution in [2.24, 2.45) is 0 Å². The Morgan fingerprint density at radius 2 is 2.25 bits per heavy atom. The van der Waals surface area contributed by atoms with Crippen molar-refractivity contribution in [3.8, 4) is 0 Å². The van der Waals surface area contributed by atoms with E-state index in [0.29, 0.717) is 11.5 Å².